The Morgan fingerprint density at radius 2 is 1.03 bits per heavy atom. The molecule has 1 aliphatic carbocycles. The van der Waals surface area contributed by atoms with Crippen LogP contribution in [0.2, 0.25) is 0 Å². The predicted octanol–water partition coefficient (Wildman–Crippen LogP) is 4.61. The zero-order valence-corrected chi connectivity index (χ0v) is 20.2. The lowest BCUT2D eigenvalue weighted by Gasteiger charge is -2.43. The van der Waals surface area contributed by atoms with E-state index in [0.29, 0.717) is 12.8 Å². The lowest BCUT2D eigenvalue weighted by atomic mass is 9.70. The van der Waals surface area contributed by atoms with E-state index in [2.05, 4.69) is 0 Å². The first-order valence-corrected chi connectivity index (χ1v) is 13.1. The van der Waals surface area contributed by atoms with Crippen LogP contribution in [0, 0.1) is 25.2 Å². The van der Waals surface area contributed by atoms with Gasteiger partial charge in [-0.25, -0.2) is 0 Å². The van der Waals surface area contributed by atoms with Gasteiger partial charge in [-0.2, -0.15) is 16.8 Å². The Morgan fingerprint density at radius 1 is 0.710 bits per heavy atom. The van der Waals surface area contributed by atoms with Crippen molar-refractivity contribution in [2.24, 2.45) is 11.3 Å². The van der Waals surface area contributed by atoms with Gasteiger partial charge in [0.15, 0.2) is 0 Å². The topological polar surface area (TPSA) is 86.7 Å². The summed E-state index contributed by atoms with van der Waals surface area (Å²) in [6, 6.07) is 12.9. The molecule has 2 atom stereocenters. The first-order chi connectivity index (χ1) is 14.3. The van der Waals surface area contributed by atoms with Crippen molar-refractivity contribution in [3.63, 3.8) is 0 Å². The summed E-state index contributed by atoms with van der Waals surface area (Å²) in [4.78, 5) is 0.164. The molecule has 0 bridgehead atoms. The molecular formula is C23H30O6S2. The van der Waals surface area contributed by atoms with Crippen molar-refractivity contribution >= 4 is 20.2 Å². The largest absolute Gasteiger partial charge is 0.297 e. The van der Waals surface area contributed by atoms with Crippen LogP contribution in [0.1, 0.15) is 44.7 Å². The molecule has 2 unspecified atom stereocenters. The van der Waals surface area contributed by atoms with Crippen molar-refractivity contribution in [1.82, 2.24) is 0 Å². The summed E-state index contributed by atoms with van der Waals surface area (Å²) in [7, 11) is -7.98. The molecule has 0 aromatic heterocycles. The molecule has 2 aromatic rings. The van der Waals surface area contributed by atoms with Crippen molar-refractivity contribution in [2.45, 2.75) is 69.5 Å². The minimum atomic E-state index is -3.99. The summed E-state index contributed by atoms with van der Waals surface area (Å²) in [5, 5.41) is 0. The minimum Gasteiger partial charge on any atom is -0.263 e. The van der Waals surface area contributed by atoms with E-state index in [9.17, 15) is 16.8 Å². The zero-order valence-electron chi connectivity index (χ0n) is 18.5. The van der Waals surface area contributed by atoms with Gasteiger partial charge in [-0.05, 0) is 56.4 Å². The fraction of sp³-hybridized carbons (Fsp3) is 0.478. The van der Waals surface area contributed by atoms with Gasteiger partial charge in [-0.3, -0.25) is 8.37 Å². The highest BCUT2D eigenvalue weighted by Gasteiger charge is 2.44. The predicted molar refractivity (Wildman–Crippen MR) is 119 cm³/mol. The fourth-order valence-electron chi connectivity index (χ4n) is 3.87. The normalized spacial score (nSPS) is 24.1. The first-order valence-electron chi connectivity index (χ1n) is 10.3. The SMILES string of the molecule is Cc1ccc(S(=O)(=O)OC2CC(C)(C)CC(OS(=O)(=O)c3ccc(C)cc3)C2C)cc1. The molecule has 0 radical (unpaired) electrons. The maximum Gasteiger partial charge on any atom is 0.297 e. The van der Waals surface area contributed by atoms with E-state index in [1.807, 2.05) is 27.7 Å². The molecule has 2 aromatic carbocycles. The third-order valence-corrected chi connectivity index (χ3v) is 8.50. The average molecular weight is 467 g/mol. The highest BCUT2D eigenvalue weighted by atomic mass is 32.2. The van der Waals surface area contributed by atoms with Crippen molar-refractivity contribution in [3.8, 4) is 0 Å². The quantitative estimate of drug-likeness (QED) is 0.578. The van der Waals surface area contributed by atoms with Crippen molar-refractivity contribution in [2.75, 3.05) is 0 Å². The summed E-state index contributed by atoms with van der Waals surface area (Å²) in [5.74, 6) is -0.437. The monoisotopic (exact) mass is 466 g/mol. The Kier molecular flexibility index (Phi) is 6.68. The van der Waals surface area contributed by atoms with Gasteiger partial charge in [0.05, 0.1) is 22.0 Å². The number of rotatable bonds is 6. The molecule has 8 heteroatoms. The summed E-state index contributed by atoms with van der Waals surface area (Å²) in [6.45, 7) is 9.45. The maximum atomic E-state index is 12.8. The molecule has 1 aliphatic rings. The van der Waals surface area contributed by atoms with Crippen LogP contribution >= 0.6 is 0 Å². The highest BCUT2D eigenvalue weighted by molar-refractivity contribution is 7.87. The van der Waals surface area contributed by atoms with Gasteiger partial charge < -0.3 is 0 Å². The smallest absolute Gasteiger partial charge is 0.263 e. The van der Waals surface area contributed by atoms with Crippen LogP contribution in [0.5, 0.6) is 0 Å². The molecule has 6 nitrogen and oxygen atoms in total. The van der Waals surface area contributed by atoms with E-state index in [0.717, 1.165) is 11.1 Å². The van der Waals surface area contributed by atoms with Gasteiger partial charge in [0.25, 0.3) is 20.2 Å². The fourth-order valence-corrected chi connectivity index (χ4v) is 6.17. The van der Waals surface area contributed by atoms with Crippen LogP contribution in [0.4, 0.5) is 0 Å². The Bertz CT molecular complexity index is 1030. The molecule has 0 heterocycles. The van der Waals surface area contributed by atoms with Crippen LogP contribution in [0.3, 0.4) is 0 Å². The molecule has 170 valence electrons. The summed E-state index contributed by atoms with van der Waals surface area (Å²) >= 11 is 0. The maximum absolute atomic E-state index is 12.8. The second-order valence-electron chi connectivity index (χ2n) is 9.24. The molecule has 0 N–H and O–H groups in total. The highest BCUT2D eigenvalue weighted by Crippen LogP contribution is 2.43. The molecule has 0 amide bonds. The van der Waals surface area contributed by atoms with Gasteiger partial charge in [0, 0.05) is 5.92 Å². The molecule has 1 fully saturated rings. The molecule has 0 aliphatic heterocycles. The van der Waals surface area contributed by atoms with Gasteiger partial charge in [0.2, 0.25) is 0 Å². The molecule has 0 spiro atoms. The van der Waals surface area contributed by atoms with Gasteiger partial charge in [-0.15, -0.1) is 0 Å². The Hall–Kier alpha value is -1.74. The van der Waals surface area contributed by atoms with Gasteiger partial charge in [0.1, 0.15) is 0 Å². The average Bonchev–Trinajstić information content (AvgIpc) is 2.65. The van der Waals surface area contributed by atoms with Crippen LogP contribution < -0.4 is 0 Å². The number of hydrogen-bond donors (Lipinski definition) is 0. The summed E-state index contributed by atoms with van der Waals surface area (Å²) < 4.78 is 62.6. The third kappa shape index (κ3) is 5.74. The van der Waals surface area contributed by atoms with Crippen LogP contribution in [-0.2, 0) is 28.6 Å². The van der Waals surface area contributed by atoms with Gasteiger partial charge >= 0.3 is 0 Å². The molecule has 31 heavy (non-hydrogen) atoms. The van der Waals surface area contributed by atoms with Crippen molar-refractivity contribution in [1.29, 1.82) is 0 Å². The van der Waals surface area contributed by atoms with Gasteiger partial charge in [-0.1, -0.05) is 56.2 Å². The second-order valence-corrected chi connectivity index (χ2v) is 12.4. The van der Waals surface area contributed by atoms with Crippen LogP contribution in [0.15, 0.2) is 58.3 Å². The standard InChI is InChI=1S/C23H30O6S2/c1-16-6-10-19(11-7-16)30(24,25)28-21-14-23(4,5)15-22(18(21)3)29-31(26,27)20-12-8-17(2)9-13-20/h6-13,18,21-22H,14-15H2,1-5H3. The summed E-state index contributed by atoms with van der Waals surface area (Å²) in [6.07, 6.45) is -0.450. The van der Waals surface area contributed by atoms with Crippen LogP contribution in [-0.4, -0.2) is 29.0 Å². The molecule has 0 saturated heterocycles. The number of aryl methyl sites for hydroxylation is 2. The van der Waals surface area contributed by atoms with E-state index in [1.54, 1.807) is 31.2 Å². The lowest BCUT2D eigenvalue weighted by Crippen LogP contribution is -2.46. The van der Waals surface area contributed by atoms with Crippen molar-refractivity contribution < 1.29 is 25.2 Å². The zero-order chi connectivity index (χ0) is 23.0. The minimum absolute atomic E-state index is 0.0819. The lowest BCUT2D eigenvalue weighted by molar-refractivity contribution is -0.0326. The Morgan fingerprint density at radius 3 is 1.35 bits per heavy atom. The third-order valence-electron chi connectivity index (χ3n) is 5.80. The number of hydrogen-bond acceptors (Lipinski definition) is 6. The molecule has 3 rings (SSSR count). The van der Waals surface area contributed by atoms with Crippen molar-refractivity contribution in [3.05, 3.63) is 59.7 Å². The summed E-state index contributed by atoms with van der Waals surface area (Å²) in [5.41, 5.74) is 1.54. The molecule has 1 saturated carbocycles. The van der Waals surface area contributed by atoms with E-state index in [4.69, 9.17) is 8.37 Å². The second kappa shape index (κ2) is 8.65. The first kappa shape index (κ1) is 23.9. The van der Waals surface area contributed by atoms with Crippen LogP contribution in [0.25, 0.3) is 0 Å². The van der Waals surface area contributed by atoms with E-state index in [1.165, 1.54) is 24.3 Å². The molecular weight excluding hydrogens is 436 g/mol. The van der Waals surface area contributed by atoms with E-state index < -0.39 is 38.4 Å². The Balaban J connectivity index is 1.83. The Labute approximate surface area is 185 Å². The van der Waals surface area contributed by atoms with E-state index >= 15 is 0 Å². The number of benzene rings is 2. The van der Waals surface area contributed by atoms with E-state index in [-0.39, 0.29) is 15.2 Å².